The van der Waals surface area contributed by atoms with E-state index < -0.39 is 11.9 Å². The van der Waals surface area contributed by atoms with Gasteiger partial charge in [0.15, 0.2) is 11.6 Å². The van der Waals surface area contributed by atoms with E-state index in [9.17, 15) is 14.3 Å². The van der Waals surface area contributed by atoms with E-state index in [1.807, 2.05) is 48.5 Å². The molecule has 1 saturated heterocycles. The lowest BCUT2D eigenvalue weighted by atomic mass is 10.1. The molecule has 2 amide bonds. The van der Waals surface area contributed by atoms with E-state index in [2.05, 4.69) is 10.2 Å². The van der Waals surface area contributed by atoms with E-state index in [1.165, 1.54) is 6.07 Å². The maximum absolute atomic E-state index is 14.5. The third kappa shape index (κ3) is 5.43. The molecular weight excluding hydrogens is 409 g/mol. The molecule has 1 aliphatic rings. The van der Waals surface area contributed by atoms with Gasteiger partial charge >= 0.3 is 6.03 Å². The molecule has 1 atom stereocenters. The van der Waals surface area contributed by atoms with Gasteiger partial charge in [0.25, 0.3) is 0 Å². The maximum Gasteiger partial charge on any atom is 0.322 e. The van der Waals surface area contributed by atoms with E-state index in [4.69, 9.17) is 4.74 Å². The Morgan fingerprint density at radius 1 is 0.938 bits per heavy atom. The first-order chi connectivity index (χ1) is 15.6. The molecule has 1 unspecified atom stereocenters. The molecule has 166 valence electrons. The SMILES string of the molecule is O=C(Nc1c(F)cccc1Oc1ccccc1)N1CCN(CC(O)c2ccccc2)CC1. The summed E-state index contributed by atoms with van der Waals surface area (Å²) in [5, 5.41) is 13.1. The predicted octanol–water partition coefficient (Wildman–Crippen LogP) is 4.50. The molecule has 0 aromatic heterocycles. The van der Waals surface area contributed by atoms with Crippen molar-refractivity contribution in [2.24, 2.45) is 0 Å². The predicted molar refractivity (Wildman–Crippen MR) is 121 cm³/mol. The number of aliphatic hydroxyl groups excluding tert-OH is 1. The minimum absolute atomic E-state index is 0.0169. The van der Waals surface area contributed by atoms with Gasteiger partial charge in [0.2, 0.25) is 0 Å². The van der Waals surface area contributed by atoms with Crippen LogP contribution in [0.2, 0.25) is 0 Å². The van der Waals surface area contributed by atoms with Crippen molar-refractivity contribution in [3.05, 3.63) is 90.2 Å². The number of benzene rings is 3. The molecule has 7 heteroatoms. The minimum atomic E-state index is -0.576. The fourth-order valence-corrected chi connectivity index (χ4v) is 3.67. The lowest BCUT2D eigenvalue weighted by molar-refractivity contribution is 0.0831. The number of β-amino-alcohol motifs (C(OH)–C–C–N with tert-alkyl or cyclic N) is 1. The van der Waals surface area contributed by atoms with E-state index in [1.54, 1.807) is 29.2 Å². The Bertz CT molecular complexity index is 1030. The average Bonchev–Trinajstić information content (AvgIpc) is 2.83. The van der Waals surface area contributed by atoms with Crippen molar-refractivity contribution in [3.8, 4) is 11.5 Å². The monoisotopic (exact) mass is 435 g/mol. The molecule has 0 radical (unpaired) electrons. The summed E-state index contributed by atoms with van der Waals surface area (Å²) >= 11 is 0. The van der Waals surface area contributed by atoms with Crippen molar-refractivity contribution < 1.29 is 19.0 Å². The zero-order valence-corrected chi connectivity index (χ0v) is 17.7. The highest BCUT2D eigenvalue weighted by Gasteiger charge is 2.24. The van der Waals surface area contributed by atoms with E-state index in [-0.39, 0.29) is 17.5 Å². The van der Waals surface area contributed by atoms with Crippen molar-refractivity contribution in [1.82, 2.24) is 9.80 Å². The highest BCUT2D eigenvalue weighted by Crippen LogP contribution is 2.32. The second kappa shape index (κ2) is 10.3. The van der Waals surface area contributed by atoms with Crippen molar-refractivity contribution in [3.63, 3.8) is 0 Å². The average molecular weight is 435 g/mol. The Kier molecular flexibility index (Phi) is 6.99. The number of piperazine rings is 1. The number of aliphatic hydroxyl groups is 1. The molecule has 3 aromatic rings. The number of nitrogens with one attached hydrogen (secondary N) is 1. The molecule has 4 rings (SSSR count). The molecule has 0 saturated carbocycles. The molecule has 1 heterocycles. The van der Waals surface area contributed by atoms with Crippen LogP contribution >= 0.6 is 0 Å². The number of carbonyl (C=O) groups excluding carboxylic acids is 1. The van der Waals surface area contributed by atoms with Crippen molar-refractivity contribution in [2.75, 3.05) is 38.0 Å². The van der Waals surface area contributed by atoms with Crippen LogP contribution in [0.4, 0.5) is 14.9 Å². The summed E-state index contributed by atoms with van der Waals surface area (Å²) in [7, 11) is 0. The van der Waals surface area contributed by atoms with Gasteiger partial charge in [-0.1, -0.05) is 54.6 Å². The number of anilines is 1. The van der Waals surface area contributed by atoms with E-state index in [0.717, 1.165) is 5.56 Å². The van der Waals surface area contributed by atoms with Crippen LogP contribution in [0.1, 0.15) is 11.7 Å². The molecule has 32 heavy (non-hydrogen) atoms. The Labute approximate surface area is 186 Å². The Hall–Kier alpha value is -3.42. The second-order valence-corrected chi connectivity index (χ2v) is 7.67. The minimum Gasteiger partial charge on any atom is -0.455 e. The lowest BCUT2D eigenvalue weighted by Gasteiger charge is -2.35. The lowest BCUT2D eigenvalue weighted by Crippen LogP contribution is -2.50. The molecule has 3 aromatic carbocycles. The number of ether oxygens (including phenoxy) is 1. The van der Waals surface area contributed by atoms with Crippen LogP contribution in [0.3, 0.4) is 0 Å². The summed E-state index contributed by atoms with van der Waals surface area (Å²) in [4.78, 5) is 16.6. The first-order valence-corrected chi connectivity index (χ1v) is 10.6. The summed E-state index contributed by atoms with van der Waals surface area (Å²) in [6.45, 7) is 2.72. The van der Waals surface area contributed by atoms with Crippen molar-refractivity contribution in [2.45, 2.75) is 6.10 Å². The van der Waals surface area contributed by atoms with Crippen LogP contribution in [-0.2, 0) is 0 Å². The molecule has 1 aliphatic heterocycles. The van der Waals surface area contributed by atoms with Crippen molar-refractivity contribution in [1.29, 1.82) is 0 Å². The molecule has 0 aliphatic carbocycles. The third-order valence-electron chi connectivity index (χ3n) is 5.45. The Balaban J connectivity index is 1.34. The van der Waals surface area contributed by atoms with Crippen LogP contribution in [0.25, 0.3) is 0 Å². The Morgan fingerprint density at radius 2 is 1.59 bits per heavy atom. The van der Waals surface area contributed by atoms with E-state index >= 15 is 0 Å². The zero-order valence-electron chi connectivity index (χ0n) is 17.7. The fraction of sp³-hybridized carbons (Fsp3) is 0.240. The van der Waals surface area contributed by atoms with Gasteiger partial charge in [0.1, 0.15) is 11.4 Å². The van der Waals surface area contributed by atoms with Crippen LogP contribution in [0, 0.1) is 5.82 Å². The van der Waals surface area contributed by atoms with Crippen LogP contribution in [0.5, 0.6) is 11.5 Å². The summed E-state index contributed by atoms with van der Waals surface area (Å²) < 4.78 is 20.3. The first kappa shape index (κ1) is 21.8. The molecule has 1 fully saturated rings. The molecule has 0 bridgehead atoms. The van der Waals surface area contributed by atoms with Gasteiger partial charge in [-0.3, -0.25) is 4.90 Å². The third-order valence-corrected chi connectivity index (χ3v) is 5.45. The van der Waals surface area contributed by atoms with Crippen LogP contribution in [0.15, 0.2) is 78.9 Å². The van der Waals surface area contributed by atoms with Gasteiger partial charge in [-0.25, -0.2) is 9.18 Å². The number of carbonyl (C=O) groups is 1. The number of halogens is 1. The number of hydrogen-bond acceptors (Lipinski definition) is 4. The highest BCUT2D eigenvalue weighted by molar-refractivity contribution is 5.91. The van der Waals surface area contributed by atoms with Crippen molar-refractivity contribution >= 4 is 11.7 Å². The normalized spacial score (nSPS) is 15.2. The largest absolute Gasteiger partial charge is 0.455 e. The summed E-state index contributed by atoms with van der Waals surface area (Å²) in [5.74, 6) is 0.241. The molecular formula is C25H26FN3O3. The summed E-state index contributed by atoms with van der Waals surface area (Å²) in [6, 6.07) is 22.6. The summed E-state index contributed by atoms with van der Waals surface area (Å²) in [6.07, 6.45) is -0.576. The number of rotatable bonds is 6. The van der Waals surface area contributed by atoms with Gasteiger partial charge < -0.3 is 20.1 Å². The molecule has 2 N–H and O–H groups in total. The van der Waals surface area contributed by atoms with E-state index in [0.29, 0.717) is 38.5 Å². The van der Waals surface area contributed by atoms with Gasteiger partial charge in [-0.15, -0.1) is 0 Å². The number of para-hydroxylation sites is 2. The topological polar surface area (TPSA) is 65.0 Å². The fourth-order valence-electron chi connectivity index (χ4n) is 3.67. The van der Waals surface area contributed by atoms with Crippen LogP contribution in [-0.4, -0.2) is 53.7 Å². The molecule has 0 spiro atoms. The first-order valence-electron chi connectivity index (χ1n) is 10.6. The molecule has 6 nitrogen and oxygen atoms in total. The zero-order chi connectivity index (χ0) is 22.3. The second-order valence-electron chi connectivity index (χ2n) is 7.67. The smallest absolute Gasteiger partial charge is 0.322 e. The van der Waals surface area contributed by atoms with Gasteiger partial charge in [0, 0.05) is 32.7 Å². The van der Waals surface area contributed by atoms with Gasteiger partial charge in [0.05, 0.1) is 6.10 Å². The number of hydrogen-bond donors (Lipinski definition) is 2. The highest BCUT2D eigenvalue weighted by atomic mass is 19.1. The van der Waals surface area contributed by atoms with Crippen LogP contribution < -0.4 is 10.1 Å². The Morgan fingerprint density at radius 3 is 2.28 bits per heavy atom. The van der Waals surface area contributed by atoms with Gasteiger partial charge in [-0.2, -0.15) is 0 Å². The van der Waals surface area contributed by atoms with Gasteiger partial charge in [-0.05, 0) is 29.8 Å². The number of urea groups is 1. The maximum atomic E-state index is 14.5. The number of nitrogens with zero attached hydrogens (tertiary/aromatic N) is 2. The number of amides is 2. The quantitative estimate of drug-likeness (QED) is 0.598. The summed E-state index contributed by atoms with van der Waals surface area (Å²) in [5.41, 5.74) is 0.890. The standard InChI is InChI=1S/C25H26FN3O3/c26-21-12-7-13-23(32-20-10-5-2-6-11-20)24(21)27-25(31)29-16-14-28(15-17-29)18-22(30)19-8-3-1-4-9-19/h1-13,22,30H,14-18H2,(H,27,31).